The van der Waals surface area contributed by atoms with E-state index in [4.69, 9.17) is 42.2 Å². The summed E-state index contributed by atoms with van der Waals surface area (Å²) in [6.45, 7) is 3.43. The van der Waals surface area contributed by atoms with Crippen molar-refractivity contribution in [2.75, 3.05) is 26.4 Å². The Labute approximate surface area is 555 Å². The maximum atomic E-state index is 14.3. The number of ether oxygens (including phenoxy) is 7. The second-order valence-electron chi connectivity index (χ2n) is 26.3. The van der Waals surface area contributed by atoms with Gasteiger partial charge in [-0.2, -0.15) is 0 Å². The molecule has 25 heteroatoms. The van der Waals surface area contributed by atoms with Crippen LogP contribution in [0.15, 0.2) is 0 Å². The minimum atomic E-state index is -5.68. The summed E-state index contributed by atoms with van der Waals surface area (Å²) in [6, 6.07) is 0. The first kappa shape index (κ1) is 85.2. The van der Waals surface area contributed by atoms with Crippen LogP contribution in [0.4, 0.5) is 0 Å². The molecule has 3 aliphatic rings. The normalized spacial score (nSPS) is 28.4. The lowest BCUT2D eigenvalue weighted by molar-refractivity contribution is -0.360. The average molecular weight is 1360 g/mol. The molecule has 0 amide bonds. The van der Waals surface area contributed by atoms with Gasteiger partial charge in [-0.1, -0.05) is 245 Å². The van der Waals surface area contributed by atoms with E-state index in [9.17, 15) is 74.9 Å². The number of aliphatic hydroxyl groups excluding tert-OH is 10. The van der Waals surface area contributed by atoms with Gasteiger partial charge in [-0.15, -0.1) is 0 Å². The van der Waals surface area contributed by atoms with Crippen molar-refractivity contribution in [3.05, 3.63) is 0 Å². The molecule has 548 valence electrons. The van der Waals surface area contributed by atoms with Crippen LogP contribution < -0.4 is 0 Å². The predicted octanol–water partition coefficient (Wildman–Crippen LogP) is 9.01. The van der Waals surface area contributed by atoms with Crippen molar-refractivity contribution >= 4 is 25.7 Å². The Hall–Kier alpha value is -2.04. The summed E-state index contributed by atoms with van der Waals surface area (Å²) in [5.41, 5.74) is 0. The molecule has 0 aromatic carbocycles. The standard InChI is InChI=1S/C68H127O24P/c1-4-7-10-13-16-19-22-24-26-29-31-34-37-40-43-53(71)85-48-51-56(74)58(76)63(81)68(89-51)91-65-61(79)59(77)60(78)64(90-67-62(80)57(75)55(73)50(45-69)88-67)66(65)92-93(82,83)86-47-49(87-54(72)44-41-38-35-32-27-21-18-15-12-9-6-3)46-84-52(70)42-39-36-33-30-28-25-23-20-17-14-11-8-5-2/h49-51,55-69,73-81H,4-48H2,1-3H3,(H,82,83). The zero-order chi connectivity index (χ0) is 68.2. The van der Waals surface area contributed by atoms with E-state index >= 15 is 0 Å². The number of aliphatic hydroxyl groups is 10. The molecule has 18 unspecified atom stereocenters. The highest BCUT2D eigenvalue weighted by atomic mass is 31.2. The minimum Gasteiger partial charge on any atom is -0.463 e. The topological polar surface area (TPSA) is 374 Å². The number of hydrogen-bond donors (Lipinski definition) is 11. The number of carbonyl (C=O) groups excluding carboxylic acids is 3. The lowest BCUT2D eigenvalue weighted by Crippen LogP contribution is -2.69. The van der Waals surface area contributed by atoms with Crippen molar-refractivity contribution in [1.29, 1.82) is 0 Å². The van der Waals surface area contributed by atoms with Gasteiger partial charge in [-0.25, -0.2) is 4.57 Å². The van der Waals surface area contributed by atoms with Gasteiger partial charge < -0.3 is 89.1 Å². The second kappa shape index (κ2) is 51.2. The van der Waals surface area contributed by atoms with E-state index in [-0.39, 0.29) is 19.3 Å². The Morgan fingerprint density at radius 3 is 1.05 bits per heavy atom. The third-order valence-corrected chi connectivity index (χ3v) is 19.1. The van der Waals surface area contributed by atoms with Gasteiger partial charge in [0.15, 0.2) is 18.7 Å². The highest BCUT2D eigenvalue weighted by Gasteiger charge is 2.58. The summed E-state index contributed by atoms with van der Waals surface area (Å²) in [7, 11) is -5.68. The quantitative estimate of drug-likeness (QED) is 0.0117. The fourth-order valence-electron chi connectivity index (χ4n) is 12.2. The van der Waals surface area contributed by atoms with Crippen LogP contribution in [0.1, 0.15) is 284 Å². The Balaban J connectivity index is 1.74. The monoisotopic (exact) mass is 1360 g/mol. The van der Waals surface area contributed by atoms with Crippen LogP contribution in [0.25, 0.3) is 0 Å². The summed E-state index contributed by atoms with van der Waals surface area (Å²) >= 11 is 0. The number of carbonyl (C=O) groups is 3. The Morgan fingerprint density at radius 2 is 0.688 bits per heavy atom. The summed E-state index contributed by atoms with van der Waals surface area (Å²) in [4.78, 5) is 50.8. The van der Waals surface area contributed by atoms with Crippen molar-refractivity contribution in [3.63, 3.8) is 0 Å². The summed E-state index contributed by atoms with van der Waals surface area (Å²) in [6.07, 6.45) is 6.23. The molecule has 0 aromatic rings. The molecule has 1 saturated carbocycles. The molecule has 0 bridgehead atoms. The third-order valence-electron chi connectivity index (χ3n) is 18.1. The molecule has 24 nitrogen and oxygen atoms in total. The van der Waals surface area contributed by atoms with Crippen LogP contribution in [0.2, 0.25) is 0 Å². The number of rotatable bonds is 56. The maximum absolute atomic E-state index is 14.3. The lowest BCUT2D eigenvalue weighted by Gasteiger charge is -2.49. The summed E-state index contributed by atoms with van der Waals surface area (Å²) in [5.74, 6) is -1.98. The molecule has 3 rings (SSSR count). The SMILES string of the molecule is CCCCCCCCCCCCCCCCC(=O)OCC1OC(OC2C(O)C(O)C(O)C(OC3OC(CO)C(O)C(O)C3O)C2OP(=O)(O)OCC(COC(=O)CCCCCCCCCCCCCCC)OC(=O)CCCCCCCCCCCCC)C(O)C(O)C1O. The molecule has 3 fully saturated rings. The fraction of sp³-hybridized carbons (Fsp3) is 0.956. The molecule has 93 heavy (non-hydrogen) atoms. The molecule has 2 aliphatic heterocycles. The molecule has 2 heterocycles. The zero-order valence-corrected chi connectivity index (χ0v) is 57.7. The number of phosphoric ester groups is 1. The first-order valence-corrected chi connectivity index (χ1v) is 37.8. The molecular weight excluding hydrogens is 1230 g/mol. The zero-order valence-electron chi connectivity index (χ0n) is 56.8. The van der Waals surface area contributed by atoms with E-state index in [0.717, 1.165) is 89.9 Å². The van der Waals surface area contributed by atoms with Crippen LogP contribution in [0, 0.1) is 0 Å². The van der Waals surface area contributed by atoms with Gasteiger partial charge in [-0.05, 0) is 19.3 Å². The Kier molecular flexibility index (Phi) is 46.9. The first-order chi connectivity index (χ1) is 44.8. The van der Waals surface area contributed by atoms with Crippen molar-refractivity contribution in [3.8, 4) is 0 Å². The first-order valence-electron chi connectivity index (χ1n) is 36.3. The van der Waals surface area contributed by atoms with E-state index in [1.54, 1.807) is 0 Å². The minimum absolute atomic E-state index is 0.0336. The van der Waals surface area contributed by atoms with Gasteiger partial charge in [0.25, 0.3) is 0 Å². The number of hydrogen-bond acceptors (Lipinski definition) is 23. The molecule has 1 aliphatic carbocycles. The third kappa shape index (κ3) is 35.0. The van der Waals surface area contributed by atoms with E-state index in [1.807, 2.05) is 0 Å². The van der Waals surface area contributed by atoms with Crippen LogP contribution in [-0.4, -0.2) is 204 Å². The van der Waals surface area contributed by atoms with Crippen LogP contribution in [-0.2, 0) is 61.2 Å². The second-order valence-corrected chi connectivity index (χ2v) is 27.7. The van der Waals surface area contributed by atoms with Gasteiger partial charge in [0.2, 0.25) is 0 Å². The van der Waals surface area contributed by atoms with Crippen molar-refractivity contribution in [1.82, 2.24) is 0 Å². The summed E-state index contributed by atoms with van der Waals surface area (Å²) in [5, 5.41) is 110. The van der Waals surface area contributed by atoms with E-state index in [2.05, 4.69) is 20.8 Å². The molecular formula is C68H127O24P. The van der Waals surface area contributed by atoms with Crippen molar-refractivity contribution in [2.24, 2.45) is 0 Å². The van der Waals surface area contributed by atoms with Gasteiger partial charge >= 0.3 is 25.7 Å². The molecule has 0 spiro atoms. The molecule has 0 radical (unpaired) electrons. The predicted molar refractivity (Wildman–Crippen MR) is 347 cm³/mol. The van der Waals surface area contributed by atoms with E-state index < -0.39 is 156 Å². The highest BCUT2D eigenvalue weighted by molar-refractivity contribution is 7.47. The molecule has 11 N–H and O–H groups in total. The number of esters is 3. The Bertz CT molecular complexity index is 1940. The van der Waals surface area contributed by atoms with Gasteiger partial charge in [0.1, 0.15) is 98.7 Å². The number of phosphoric acid groups is 1. The van der Waals surface area contributed by atoms with E-state index in [1.165, 1.54) is 135 Å². The largest absolute Gasteiger partial charge is 0.472 e. The molecule has 18 atom stereocenters. The lowest BCUT2D eigenvalue weighted by atomic mass is 9.84. The number of unbranched alkanes of at least 4 members (excludes halogenated alkanes) is 35. The Morgan fingerprint density at radius 1 is 0.376 bits per heavy atom. The highest BCUT2D eigenvalue weighted by Crippen LogP contribution is 2.49. The molecule has 0 aromatic heterocycles. The molecule has 2 saturated heterocycles. The maximum Gasteiger partial charge on any atom is 0.472 e. The van der Waals surface area contributed by atoms with Gasteiger partial charge in [-0.3, -0.25) is 23.4 Å². The van der Waals surface area contributed by atoms with Crippen LogP contribution >= 0.6 is 7.82 Å². The van der Waals surface area contributed by atoms with Gasteiger partial charge in [0, 0.05) is 19.3 Å². The van der Waals surface area contributed by atoms with Crippen LogP contribution in [0.5, 0.6) is 0 Å². The van der Waals surface area contributed by atoms with Crippen molar-refractivity contribution in [2.45, 2.75) is 388 Å². The average Bonchev–Trinajstić information content (AvgIpc) is 0.794. The van der Waals surface area contributed by atoms with Gasteiger partial charge in [0.05, 0.1) is 13.2 Å². The smallest absolute Gasteiger partial charge is 0.463 e. The van der Waals surface area contributed by atoms with Crippen LogP contribution in [0.3, 0.4) is 0 Å². The van der Waals surface area contributed by atoms with E-state index in [0.29, 0.717) is 19.3 Å². The summed E-state index contributed by atoms with van der Waals surface area (Å²) < 4.78 is 64.9. The fourth-order valence-corrected chi connectivity index (χ4v) is 13.1. The van der Waals surface area contributed by atoms with Crippen molar-refractivity contribution < 1.29 is 117 Å².